The van der Waals surface area contributed by atoms with Crippen molar-refractivity contribution in [2.24, 2.45) is 0 Å². The second-order valence-corrected chi connectivity index (χ2v) is 6.22. The average molecular weight is 371 g/mol. The van der Waals surface area contributed by atoms with E-state index >= 15 is 0 Å². The monoisotopic (exact) mass is 370 g/mol. The summed E-state index contributed by atoms with van der Waals surface area (Å²) < 4.78 is 4.89. The molecule has 1 rings (SSSR count). The van der Waals surface area contributed by atoms with Gasteiger partial charge in [0.1, 0.15) is 5.02 Å². The molecule has 1 aromatic rings. The summed E-state index contributed by atoms with van der Waals surface area (Å²) in [5.74, 6) is -1.22. The first-order valence-corrected chi connectivity index (χ1v) is 8.63. The van der Waals surface area contributed by atoms with Gasteiger partial charge in [0.15, 0.2) is 6.61 Å². The normalized spacial score (nSPS) is 11.6. The number of carbonyl (C=O) groups is 2. The van der Waals surface area contributed by atoms with Crippen molar-refractivity contribution < 1.29 is 19.2 Å². The Balaban J connectivity index is 2.44. The Morgan fingerprint density at radius 2 is 2.04 bits per heavy atom. The van der Waals surface area contributed by atoms with Crippen molar-refractivity contribution in [2.75, 3.05) is 6.61 Å². The molecular formula is C17H23ClN2O5. The highest BCUT2D eigenvalue weighted by Crippen LogP contribution is 2.25. The van der Waals surface area contributed by atoms with Gasteiger partial charge >= 0.3 is 5.97 Å². The molecule has 0 spiro atoms. The summed E-state index contributed by atoms with van der Waals surface area (Å²) in [6.07, 6.45) is 5.35. The predicted octanol–water partition coefficient (Wildman–Crippen LogP) is 3.88. The number of esters is 1. The van der Waals surface area contributed by atoms with Crippen molar-refractivity contribution in [3.8, 4) is 0 Å². The molecule has 0 heterocycles. The fourth-order valence-corrected chi connectivity index (χ4v) is 2.45. The molecule has 1 aromatic carbocycles. The Morgan fingerprint density at radius 1 is 1.32 bits per heavy atom. The van der Waals surface area contributed by atoms with Crippen LogP contribution in [0.1, 0.15) is 56.3 Å². The Morgan fingerprint density at radius 3 is 2.68 bits per heavy atom. The minimum atomic E-state index is -0.814. The van der Waals surface area contributed by atoms with Crippen LogP contribution < -0.4 is 5.32 Å². The summed E-state index contributed by atoms with van der Waals surface area (Å²) in [6, 6.07) is 3.58. The van der Waals surface area contributed by atoms with Crippen LogP contribution in [0.25, 0.3) is 0 Å². The maximum absolute atomic E-state index is 11.9. The second kappa shape index (κ2) is 10.7. The summed E-state index contributed by atoms with van der Waals surface area (Å²) in [5.41, 5.74) is -0.419. The fraction of sp³-hybridized carbons (Fsp3) is 0.529. The number of rotatable bonds is 10. The standard InChI is InChI=1S/C17H23ClN2O5/c1-3-4-5-6-7-12(2)19-16(21)11-25-17(22)13-8-9-14(18)15(10-13)20(23)24/h8-10,12H,3-7,11H2,1-2H3,(H,19,21)/t12-/m0/s1. The molecule has 1 amide bonds. The van der Waals surface area contributed by atoms with Crippen LogP contribution in [0.2, 0.25) is 5.02 Å². The molecular weight excluding hydrogens is 348 g/mol. The molecule has 7 nitrogen and oxygen atoms in total. The van der Waals surface area contributed by atoms with Gasteiger partial charge in [-0.2, -0.15) is 0 Å². The largest absolute Gasteiger partial charge is 0.452 e. The number of nitrogens with one attached hydrogen (secondary N) is 1. The molecule has 0 saturated carbocycles. The number of ether oxygens (including phenoxy) is 1. The van der Waals surface area contributed by atoms with Gasteiger partial charge in [-0.15, -0.1) is 0 Å². The lowest BCUT2D eigenvalue weighted by Crippen LogP contribution is -2.35. The van der Waals surface area contributed by atoms with Crippen LogP contribution in [0.3, 0.4) is 0 Å². The number of hydrogen-bond donors (Lipinski definition) is 1. The topological polar surface area (TPSA) is 98.5 Å². The van der Waals surface area contributed by atoms with Gasteiger partial charge in [-0.1, -0.05) is 44.2 Å². The number of halogens is 1. The van der Waals surface area contributed by atoms with Gasteiger partial charge in [0, 0.05) is 12.1 Å². The molecule has 1 N–H and O–H groups in total. The van der Waals surface area contributed by atoms with Crippen molar-refractivity contribution in [1.29, 1.82) is 0 Å². The van der Waals surface area contributed by atoms with Gasteiger partial charge in [0.05, 0.1) is 10.5 Å². The zero-order chi connectivity index (χ0) is 18.8. The van der Waals surface area contributed by atoms with Crippen LogP contribution in [0.4, 0.5) is 5.69 Å². The number of nitrogens with zero attached hydrogens (tertiary/aromatic N) is 1. The van der Waals surface area contributed by atoms with Crippen molar-refractivity contribution in [1.82, 2.24) is 5.32 Å². The third-order valence-corrected chi connectivity index (χ3v) is 3.93. The Kier molecular flexibility index (Phi) is 8.91. The van der Waals surface area contributed by atoms with Gasteiger partial charge in [0.2, 0.25) is 0 Å². The van der Waals surface area contributed by atoms with E-state index in [1.165, 1.54) is 18.6 Å². The summed E-state index contributed by atoms with van der Waals surface area (Å²) >= 11 is 5.68. The molecule has 0 fully saturated rings. The van der Waals surface area contributed by atoms with Crippen LogP contribution in [0, 0.1) is 10.1 Å². The first kappa shape index (κ1) is 20.9. The van der Waals surface area contributed by atoms with E-state index in [1.54, 1.807) is 0 Å². The van der Waals surface area contributed by atoms with Crippen LogP contribution in [-0.2, 0) is 9.53 Å². The van der Waals surface area contributed by atoms with Crippen LogP contribution in [0.5, 0.6) is 0 Å². The maximum atomic E-state index is 11.9. The number of amides is 1. The molecule has 0 aliphatic heterocycles. The van der Waals surface area contributed by atoms with Crippen molar-refractivity contribution in [3.05, 3.63) is 38.9 Å². The lowest BCUT2D eigenvalue weighted by atomic mass is 10.1. The van der Waals surface area contributed by atoms with E-state index in [9.17, 15) is 19.7 Å². The smallest absolute Gasteiger partial charge is 0.338 e. The number of benzene rings is 1. The minimum absolute atomic E-state index is 0.000299. The Hall–Kier alpha value is -2.15. The first-order valence-electron chi connectivity index (χ1n) is 8.25. The SMILES string of the molecule is CCCCCC[C@H](C)NC(=O)COC(=O)c1ccc(Cl)c([N+](=O)[O-])c1. The summed E-state index contributed by atoms with van der Waals surface area (Å²) in [4.78, 5) is 33.8. The third kappa shape index (κ3) is 7.51. The van der Waals surface area contributed by atoms with E-state index in [0.29, 0.717) is 0 Å². The molecule has 1 atom stereocenters. The van der Waals surface area contributed by atoms with Crippen molar-refractivity contribution in [2.45, 2.75) is 52.0 Å². The molecule has 0 aliphatic rings. The van der Waals surface area contributed by atoms with Crippen molar-refractivity contribution >= 4 is 29.2 Å². The van der Waals surface area contributed by atoms with Crippen LogP contribution in [-0.4, -0.2) is 29.4 Å². The zero-order valence-corrected chi connectivity index (χ0v) is 15.2. The summed E-state index contributed by atoms with van der Waals surface area (Å²) in [7, 11) is 0. The van der Waals surface area contributed by atoms with Crippen LogP contribution in [0.15, 0.2) is 18.2 Å². The molecule has 0 aliphatic carbocycles. The number of hydrogen-bond acceptors (Lipinski definition) is 5. The second-order valence-electron chi connectivity index (χ2n) is 5.82. The molecule has 8 heteroatoms. The van der Waals surface area contributed by atoms with Crippen molar-refractivity contribution in [3.63, 3.8) is 0 Å². The minimum Gasteiger partial charge on any atom is -0.452 e. The maximum Gasteiger partial charge on any atom is 0.338 e. The number of nitro benzene ring substituents is 1. The predicted molar refractivity (Wildman–Crippen MR) is 94.8 cm³/mol. The van der Waals surface area contributed by atoms with Gasteiger partial charge in [-0.25, -0.2) is 4.79 Å². The molecule has 0 aromatic heterocycles. The third-order valence-electron chi connectivity index (χ3n) is 3.61. The Bertz CT molecular complexity index is 621. The van der Waals surface area contributed by atoms with Gasteiger partial charge < -0.3 is 10.1 Å². The van der Waals surface area contributed by atoms with Gasteiger partial charge in [-0.3, -0.25) is 14.9 Å². The molecule has 0 radical (unpaired) electrons. The highest BCUT2D eigenvalue weighted by Gasteiger charge is 2.18. The highest BCUT2D eigenvalue weighted by molar-refractivity contribution is 6.32. The van der Waals surface area contributed by atoms with E-state index in [4.69, 9.17) is 16.3 Å². The first-order chi connectivity index (χ1) is 11.8. The molecule has 25 heavy (non-hydrogen) atoms. The molecule has 0 bridgehead atoms. The van der Waals surface area contributed by atoms with E-state index in [-0.39, 0.29) is 22.3 Å². The lowest BCUT2D eigenvalue weighted by molar-refractivity contribution is -0.384. The number of unbranched alkanes of at least 4 members (excludes halogenated alkanes) is 3. The molecule has 0 unspecified atom stereocenters. The van der Waals surface area contributed by atoms with E-state index < -0.39 is 23.4 Å². The van der Waals surface area contributed by atoms with E-state index in [2.05, 4.69) is 12.2 Å². The summed E-state index contributed by atoms with van der Waals surface area (Å²) in [5, 5.41) is 13.5. The number of carbonyl (C=O) groups excluding carboxylic acids is 2. The van der Waals surface area contributed by atoms with E-state index in [1.807, 2.05) is 6.92 Å². The molecule has 138 valence electrons. The molecule has 0 saturated heterocycles. The fourth-order valence-electron chi connectivity index (χ4n) is 2.26. The lowest BCUT2D eigenvalue weighted by Gasteiger charge is -2.13. The van der Waals surface area contributed by atoms with Gasteiger partial charge in [-0.05, 0) is 25.5 Å². The van der Waals surface area contributed by atoms with E-state index in [0.717, 1.165) is 31.7 Å². The highest BCUT2D eigenvalue weighted by atomic mass is 35.5. The quantitative estimate of drug-likeness (QED) is 0.291. The van der Waals surface area contributed by atoms with Gasteiger partial charge in [0.25, 0.3) is 11.6 Å². The number of nitro groups is 1. The summed E-state index contributed by atoms with van der Waals surface area (Å²) in [6.45, 7) is 3.59. The Labute approximate surface area is 151 Å². The zero-order valence-electron chi connectivity index (χ0n) is 14.4. The van der Waals surface area contributed by atoms with Crippen LogP contribution >= 0.6 is 11.6 Å². The average Bonchev–Trinajstić information content (AvgIpc) is 2.56.